The first-order valence-electron chi connectivity index (χ1n) is 12.1. The van der Waals surface area contributed by atoms with E-state index >= 15 is 0 Å². The average molecular weight is 555 g/mol. The highest BCUT2D eigenvalue weighted by Gasteiger charge is 2.22. The molecular weight excluding hydrogens is 524 g/mol. The minimum absolute atomic E-state index is 0.112. The van der Waals surface area contributed by atoms with Crippen LogP contribution in [0.3, 0.4) is 0 Å². The van der Waals surface area contributed by atoms with E-state index < -0.39 is 10.0 Å². The maximum absolute atomic E-state index is 13.5. The summed E-state index contributed by atoms with van der Waals surface area (Å²) in [6.07, 6.45) is 0.838. The number of sulfonamides is 1. The Morgan fingerprint density at radius 1 is 0.923 bits per heavy atom. The molecule has 11 nitrogen and oxygen atoms in total. The molecule has 0 saturated heterocycles. The van der Waals surface area contributed by atoms with E-state index in [0.717, 1.165) is 6.42 Å². The standard InChI is InChI=1S/C27H30N4O7S/c1-6-12-37-18-8-7-9-19(13-18)38-26-16-24-23(30(3)27(33)31(24)4)15-22(26)29-39(34,35)20-10-11-25(36-5)21(14-20)28-17(2)32/h7-11,13-16,29H,6,12H2,1-5H3,(H,28,32). The van der Waals surface area contributed by atoms with Crippen LogP contribution in [-0.4, -0.2) is 37.2 Å². The molecule has 0 radical (unpaired) electrons. The number of aryl methyl sites for hydroxylation is 2. The van der Waals surface area contributed by atoms with E-state index in [1.165, 1.54) is 41.4 Å². The highest BCUT2D eigenvalue weighted by atomic mass is 32.2. The van der Waals surface area contributed by atoms with Crippen molar-refractivity contribution in [1.82, 2.24) is 9.13 Å². The van der Waals surface area contributed by atoms with Gasteiger partial charge in [0.25, 0.3) is 10.0 Å². The van der Waals surface area contributed by atoms with Crippen molar-refractivity contribution in [3.8, 4) is 23.0 Å². The molecule has 0 atom stereocenters. The number of rotatable bonds is 10. The Labute approximate surface area is 226 Å². The second kappa shape index (κ2) is 11.1. The SMILES string of the molecule is CCCOc1cccc(Oc2cc3c(cc2NS(=O)(=O)c2ccc(OC)c(NC(C)=O)c2)n(C)c(=O)n3C)c1. The summed E-state index contributed by atoms with van der Waals surface area (Å²) in [6, 6.07) is 14.2. The fraction of sp³-hybridized carbons (Fsp3) is 0.259. The van der Waals surface area contributed by atoms with Crippen LogP contribution in [0, 0.1) is 0 Å². The van der Waals surface area contributed by atoms with E-state index in [-0.39, 0.29) is 33.6 Å². The molecule has 12 heteroatoms. The predicted octanol–water partition coefficient (Wildman–Crippen LogP) is 4.23. The number of carbonyl (C=O) groups excluding carboxylic acids is 1. The summed E-state index contributed by atoms with van der Waals surface area (Å²) in [6.45, 7) is 3.85. The van der Waals surface area contributed by atoms with Gasteiger partial charge in [0.2, 0.25) is 5.91 Å². The van der Waals surface area contributed by atoms with Gasteiger partial charge in [-0.15, -0.1) is 0 Å². The van der Waals surface area contributed by atoms with E-state index in [1.807, 2.05) is 6.92 Å². The van der Waals surface area contributed by atoms with Crippen molar-refractivity contribution in [2.24, 2.45) is 14.1 Å². The number of methoxy groups -OCH3 is 1. The van der Waals surface area contributed by atoms with Crippen LogP contribution < -0.4 is 29.9 Å². The van der Waals surface area contributed by atoms with E-state index in [4.69, 9.17) is 14.2 Å². The number of anilines is 2. The zero-order chi connectivity index (χ0) is 28.3. The third-order valence-corrected chi connectivity index (χ3v) is 7.28. The minimum atomic E-state index is -4.17. The molecular formula is C27H30N4O7S. The smallest absolute Gasteiger partial charge is 0.328 e. The maximum atomic E-state index is 13.5. The van der Waals surface area contributed by atoms with Gasteiger partial charge in [-0.3, -0.25) is 18.7 Å². The number of amides is 1. The third-order valence-electron chi connectivity index (χ3n) is 5.92. The zero-order valence-electron chi connectivity index (χ0n) is 22.3. The second-order valence-corrected chi connectivity index (χ2v) is 10.5. The van der Waals surface area contributed by atoms with Gasteiger partial charge in [0.05, 0.1) is 41.0 Å². The van der Waals surface area contributed by atoms with E-state index in [0.29, 0.717) is 34.9 Å². The Morgan fingerprint density at radius 2 is 1.62 bits per heavy atom. The van der Waals surface area contributed by atoms with Crippen LogP contribution in [0.15, 0.2) is 64.3 Å². The molecule has 1 heterocycles. The number of hydrogen-bond donors (Lipinski definition) is 2. The van der Waals surface area contributed by atoms with Gasteiger partial charge in [-0.1, -0.05) is 13.0 Å². The van der Waals surface area contributed by atoms with E-state index in [9.17, 15) is 18.0 Å². The van der Waals surface area contributed by atoms with Gasteiger partial charge in [-0.2, -0.15) is 0 Å². The second-order valence-electron chi connectivity index (χ2n) is 8.81. The molecule has 39 heavy (non-hydrogen) atoms. The van der Waals surface area contributed by atoms with Crippen LogP contribution in [0.5, 0.6) is 23.0 Å². The molecule has 0 unspecified atom stereocenters. The molecule has 0 aliphatic carbocycles. The van der Waals surface area contributed by atoms with Crippen molar-refractivity contribution >= 4 is 38.3 Å². The molecule has 1 amide bonds. The van der Waals surface area contributed by atoms with Crippen LogP contribution in [-0.2, 0) is 28.9 Å². The number of benzene rings is 3. The number of fused-ring (bicyclic) bond motifs is 1. The average Bonchev–Trinajstić information content (AvgIpc) is 3.10. The van der Waals surface area contributed by atoms with Gasteiger partial charge < -0.3 is 19.5 Å². The minimum Gasteiger partial charge on any atom is -0.495 e. The lowest BCUT2D eigenvalue weighted by Gasteiger charge is -2.16. The Kier molecular flexibility index (Phi) is 7.86. The quantitative estimate of drug-likeness (QED) is 0.300. The largest absolute Gasteiger partial charge is 0.495 e. The number of hydrogen-bond acceptors (Lipinski definition) is 7. The summed E-state index contributed by atoms with van der Waals surface area (Å²) in [5.41, 5.74) is 1.09. The van der Waals surface area contributed by atoms with Gasteiger partial charge in [0.15, 0.2) is 5.75 Å². The van der Waals surface area contributed by atoms with Crippen LogP contribution in [0.1, 0.15) is 20.3 Å². The summed E-state index contributed by atoms with van der Waals surface area (Å²) in [7, 11) is 0.465. The Balaban J connectivity index is 1.79. The monoisotopic (exact) mass is 554 g/mol. The molecule has 0 aliphatic rings. The van der Waals surface area contributed by atoms with E-state index in [2.05, 4.69) is 10.0 Å². The zero-order valence-corrected chi connectivity index (χ0v) is 23.1. The predicted molar refractivity (Wildman–Crippen MR) is 149 cm³/mol. The number of ether oxygens (including phenoxy) is 3. The number of imidazole rings is 1. The van der Waals surface area contributed by atoms with Crippen molar-refractivity contribution in [1.29, 1.82) is 0 Å². The first-order chi connectivity index (χ1) is 18.5. The number of aromatic nitrogens is 2. The first kappa shape index (κ1) is 27.6. The molecule has 0 bridgehead atoms. The molecule has 206 valence electrons. The molecule has 4 rings (SSSR count). The molecule has 0 spiro atoms. The summed E-state index contributed by atoms with van der Waals surface area (Å²) in [5.74, 6) is 1.12. The van der Waals surface area contributed by atoms with Crippen molar-refractivity contribution in [2.45, 2.75) is 25.2 Å². The number of nitrogens with zero attached hydrogens (tertiary/aromatic N) is 2. The molecule has 4 aromatic rings. The lowest BCUT2D eigenvalue weighted by atomic mass is 10.2. The van der Waals surface area contributed by atoms with Crippen LogP contribution >= 0.6 is 0 Å². The van der Waals surface area contributed by atoms with Gasteiger partial charge >= 0.3 is 5.69 Å². The fourth-order valence-electron chi connectivity index (χ4n) is 4.01. The summed E-state index contributed by atoms with van der Waals surface area (Å²) < 4.78 is 49.5. The fourth-order valence-corrected chi connectivity index (χ4v) is 5.10. The summed E-state index contributed by atoms with van der Waals surface area (Å²) >= 11 is 0. The lowest BCUT2D eigenvalue weighted by Crippen LogP contribution is -2.19. The summed E-state index contributed by atoms with van der Waals surface area (Å²) in [4.78, 5) is 24.1. The van der Waals surface area contributed by atoms with Crippen molar-refractivity contribution in [2.75, 3.05) is 23.8 Å². The number of nitrogens with one attached hydrogen (secondary N) is 2. The van der Waals surface area contributed by atoms with Crippen LogP contribution in [0.2, 0.25) is 0 Å². The topological polar surface area (TPSA) is 130 Å². The highest BCUT2D eigenvalue weighted by Crippen LogP contribution is 2.36. The van der Waals surface area contributed by atoms with E-state index in [1.54, 1.807) is 50.5 Å². The van der Waals surface area contributed by atoms with Gasteiger partial charge in [0, 0.05) is 33.2 Å². The Morgan fingerprint density at radius 3 is 2.28 bits per heavy atom. The molecule has 2 N–H and O–H groups in total. The van der Waals surface area contributed by atoms with Gasteiger partial charge in [0.1, 0.15) is 17.2 Å². The molecule has 0 fully saturated rings. The van der Waals surface area contributed by atoms with Crippen molar-refractivity contribution in [3.63, 3.8) is 0 Å². The highest BCUT2D eigenvalue weighted by molar-refractivity contribution is 7.92. The van der Waals surface area contributed by atoms with Crippen LogP contribution in [0.4, 0.5) is 11.4 Å². The van der Waals surface area contributed by atoms with Crippen molar-refractivity contribution in [3.05, 3.63) is 65.1 Å². The Bertz CT molecular complexity index is 1710. The molecule has 3 aromatic carbocycles. The normalized spacial score (nSPS) is 11.3. The number of carbonyl (C=O) groups is 1. The van der Waals surface area contributed by atoms with Gasteiger partial charge in [-0.05, 0) is 42.8 Å². The van der Waals surface area contributed by atoms with Gasteiger partial charge in [-0.25, -0.2) is 13.2 Å². The lowest BCUT2D eigenvalue weighted by molar-refractivity contribution is -0.114. The Hall–Kier alpha value is -4.45. The summed E-state index contributed by atoms with van der Waals surface area (Å²) in [5, 5.41) is 2.57. The van der Waals surface area contributed by atoms with Crippen molar-refractivity contribution < 1.29 is 27.4 Å². The molecule has 0 aliphatic heterocycles. The maximum Gasteiger partial charge on any atom is 0.328 e. The molecule has 1 aromatic heterocycles. The first-order valence-corrected chi connectivity index (χ1v) is 13.6. The van der Waals surface area contributed by atoms with Crippen LogP contribution in [0.25, 0.3) is 11.0 Å². The molecule has 0 saturated carbocycles. The third kappa shape index (κ3) is 5.85.